The monoisotopic (exact) mass is 722 g/mol. The molecule has 0 aliphatic rings. The van der Waals surface area contributed by atoms with E-state index in [1.54, 1.807) is 0 Å². The van der Waals surface area contributed by atoms with E-state index < -0.39 is 0 Å². The maximum Gasteiger partial charge on any atom is 2.00 e. The Morgan fingerprint density at radius 3 is 1.14 bits per heavy atom. The Balaban J connectivity index is 0.000000348. The Kier molecular flexibility index (Phi) is 19.5. The van der Waals surface area contributed by atoms with E-state index >= 15 is 0 Å². The number of hydrogen-bond acceptors (Lipinski definition) is 1. The first-order valence-electron chi connectivity index (χ1n) is 14.9. The van der Waals surface area contributed by atoms with E-state index in [2.05, 4.69) is 158 Å². The fraction of sp³-hybridized carbons (Fsp3) is 0.200. The van der Waals surface area contributed by atoms with Crippen LogP contribution >= 0.6 is 15.8 Å². The van der Waals surface area contributed by atoms with Crippen molar-refractivity contribution in [3.63, 3.8) is 0 Å². The van der Waals surface area contributed by atoms with Crippen molar-refractivity contribution in [1.82, 2.24) is 0 Å². The molecular formula is C40H42P2PdS. The van der Waals surface area contributed by atoms with Crippen LogP contribution in [0.3, 0.4) is 0 Å². The molecule has 0 nitrogen and oxygen atoms in total. The Morgan fingerprint density at radius 2 is 0.886 bits per heavy atom. The van der Waals surface area contributed by atoms with Crippen LogP contribution in [-0.4, -0.2) is 12.3 Å². The Hall–Kier alpha value is -2.60. The van der Waals surface area contributed by atoms with Gasteiger partial charge in [0.1, 0.15) is 0 Å². The zero-order valence-corrected chi connectivity index (χ0v) is 30.1. The van der Waals surface area contributed by atoms with Crippen LogP contribution in [0.2, 0.25) is 0 Å². The van der Waals surface area contributed by atoms with Gasteiger partial charge in [0.2, 0.25) is 0 Å². The summed E-state index contributed by atoms with van der Waals surface area (Å²) in [6.07, 6.45) is 5.78. The fourth-order valence-corrected chi connectivity index (χ4v) is 9.95. The van der Waals surface area contributed by atoms with Crippen molar-refractivity contribution in [2.75, 3.05) is 12.3 Å². The summed E-state index contributed by atoms with van der Waals surface area (Å²) < 4.78 is 0. The quantitative estimate of drug-likeness (QED) is 0.0366. The van der Waals surface area contributed by atoms with Gasteiger partial charge in [0.25, 0.3) is 0 Å². The normalized spacial score (nSPS) is 9.84. The van der Waals surface area contributed by atoms with Crippen LogP contribution in [0.15, 0.2) is 140 Å². The van der Waals surface area contributed by atoms with E-state index in [-0.39, 0.29) is 36.3 Å². The zero-order chi connectivity index (χ0) is 30.5. The van der Waals surface area contributed by atoms with Crippen molar-refractivity contribution in [2.24, 2.45) is 0 Å². The van der Waals surface area contributed by atoms with E-state index in [1.807, 2.05) is 32.0 Å². The Bertz CT molecular complexity index is 1300. The maximum absolute atomic E-state index is 4.40. The first kappa shape index (κ1) is 37.6. The van der Waals surface area contributed by atoms with E-state index in [0.29, 0.717) is 0 Å². The molecule has 5 rings (SSSR count). The predicted octanol–water partition coefficient (Wildman–Crippen LogP) is 9.04. The van der Waals surface area contributed by atoms with Crippen LogP contribution in [0.5, 0.6) is 0 Å². The topological polar surface area (TPSA) is 0 Å². The second-order valence-corrected chi connectivity index (χ2v) is 14.9. The minimum atomic E-state index is -0.348. The van der Waals surface area contributed by atoms with Crippen LogP contribution < -0.4 is 21.2 Å². The van der Waals surface area contributed by atoms with Gasteiger partial charge in [-0.1, -0.05) is 149 Å². The maximum atomic E-state index is 4.40. The molecule has 44 heavy (non-hydrogen) atoms. The number of benzene rings is 5. The first-order chi connectivity index (χ1) is 21.1. The van der Waals surface area contributed by atoms with Gasteiger partial charge in [-0.05, 0) is 55.8 Å². The molecule has 0 N–H and O–H groups in total. The van der Waals surface area contributed by atoms with Crippen molar-refractivity contribution >= 4 is 49.7 Å². The van der Waals surface area contributed by atoms with Gasteiger partial charge in [-0.25, -0.2) is 5.25 Å². The molecule has 0 saturated heterocycles. The van der Waals surface area contributed by atoms with E-state index in [4.69, 9.17) is 0 Å². The van der Waals surface area contributed by atoms with Crippen molar-refractivity contribution in [1.29, 1.82) is 0 Å². The fourth-order valence-electron chi connectivity index (χ4n) is 4.49. The smallest absolute Gasteiger partial charge is 0.725 e. The van der Waals surface area contributed by atoms with Crippen molar-refractivity contribution in [3.8, 4) is 11.2 Å². The van der Waals surface area contributed by atoms with Crippen LogP contribution in [0.4, 0.5) is 0 Å². The summed E-state index contributed by atoms with van der Waals surface area (Å²) in [6, 6.07) is 53.5. The average molecular weight is 723 g/mol. The van der Waals surface area contributed by atoms with Crippen LogP contribution in [0, 0.1) is 31.1 Å². The summed E-state index contributed by atoms with van der Waals surface area (Å²) in [5, 5.41) is 8.32. The largest absolute Gasteiger partial charge is 2.00 e. The van der Waals surface area contributed by atoms with Crippen molar-refractivity contribution in [2.45, 2.75) is 40.0 Å². The number of rotatable bonds is 9. The van der Waals surface area contributed by atoms with E-state index in [0.717, 1.165) is 6.42 Å². The van der Waals surface area contributed by atoms with Gasteiger partial charge in [0.05, 0.1) is 0 Å². The average Bonchev–Trinajstić information content (AvgIpc) is 3.06. The number of aryl methyl sites for hydroxylation is 2. The molecule has 0 heterocycles. The molecule has 0 unspecified atom stereocenters. The zero-order valence-electron chi connectivity index (χ0n) is 25.9. The van der Waals surface area contributed by atoms with Gasteiger partial charge in [-0.2, -0.15) is 35.4 Å². The summed E-state index contributed by atoms with van der Waals surface area (Å²) in [5.74, 6) is 2.81. The van der Waals surface area contributed by atoms with Gasteiger partial charge in [0, 0.05) is 6.42 Å². The molecule has 0 saturated carbocycles. The third-order valence-corrected chi connectivity index (χ3v) is 12.2. The summed E-state index contributed by atoms with van der Waals surface area (Å²) in [6.45, 7) is 6.24. The van der Waals surface area contributed by atoms with Gasteiger partial charge in [0.15, 0.2) is 0 Å². The summed E-state index contributed by atoms with van der Waals surface area (Å²) in [7, 11) is -0.696. The molecule has 0 aromatic heterocycles. The third-order valence-electron chi connectivity index (χ3n) is 6.63. The standard InChI is InChI=1S/C26H24P2.C8H9.C6H10S.Pd/c1-5-13-23(14-6-1)27(24-15-7-2-8-16-24)21-22-28(25-17-9-3-10-18-25)26-19-11-4-12-20-26;1-7-4-3-5-8(2)6-7;1-2-3-4-5-6-7;/h1-20H,21-22H2;3-5H,1-2H3;7H,2-4H2,1H3;/q;-1;;+2/p-1. The SMILES string of the molecule is CCCCC#C[S-].Cc1[c-]c(C)ccc1.[Pd+2].c1ccc(P(CCP(c2ccccc2)c2ccccc2)c2ccccc2)cc1. The molecule has 0 radical (unpaired) electrons. The van der Waals surface area contributed by atoms with Gasteiger partial charge >= 0.3 is 20.4 Å². The summed E-state index contributed by atoms with van der Waals surface area (Å²) in [4.78, 5) is 0. The summed E-state index contributed by atoms with van der Waals surface area (Å²) in [5.41, 5.74) is 2.43. The molecule has 228 valence electrons. The van der Waals surface area contributed by atoms with Crippen molar-refractivity contribution < 1.29 is 20.4 Å². The minimum Gasteiger partial charge on any atom is -0.725 e. The molecular weight excluding hydrogens is 681 g/mol. The van der Waals surface area contributed by atoms with Gasteiger partial charge < -0.3 is 12.6 Å². The third kappa shape index (κ3) is 14.0. The molecule has 0 atom stereocenters. The first-order valence-corrected chi connectivity index (χ1v) is 18.4. The Morgan fingerprint density at radius 1 is 0.545 bits per heavy atom. The van der Waals surface area contributed by atoms with Crippen LogP contribution in [0.1, 0.15) is 37.3 Å². The number of hydrogen-bond donors (Lipinski definition) is 0. The van der Waals surface area contributed by atoms with E-state index in [1.165, 1.54) is 57.5 Å². The van der Waals surface area contributed by atoms with Gasteiger partial charge in [-0.3, -0.25) is 0 Å². The molecule has 0 aliphatic heterocycles. The van der Waals surface area contributed by atoms with E-state index in [9.17, 15) is 0 Å². The van der Waals surface area contributed by atoms with Crippen molar-refractivity contribution in [3.05, 3.63) is 157 Å². The minimum absolute atomic E-state index is 0. The molecule has 5 aromatic carbocycles. The molecule has 0 fully saturated rings. The second kappa shape index (κ2) is 22.8. The van der Waals surface area contributed by atoms with Gasteiger partial charge in [-0.15, -0.1) is 5.92 Å². The summed E-state index contributed by atoms with van der Waals surface area (Å²) >= 11 is 4.40. The molecule has 0 spiro atoms. The Labute approximate surface area is 288 Å². The number of unbranched alkanes of at least 4 members (excludes halogenated alkanes) is 2. The molecule has 0 amide bonds. The molecule has 5 aromatic rings. The second-order valence-electron chi connectivity index (χ2n) is 10.0. The van der Waals surface area contributed by atoms with Crippen LogP contribution in [0.25, 0.3) is 0 Å². The van der Waals surface area contributed by atoms with Crippen LogP contribution in [-0.2, 0) is 33.1 Å². The molecule has 0 aliphatic carbocycles. The predicted molar refractivity (Wildman–Crippen MR) is 197 cm³/mol. The molecule has 4 heteroatoms. The molecule has 0 bridgehead atoms.